The second-order valence-corrected chi connectivity index (χ2v) is 22.5. The zero-order valence-corrected chi connectivity index (χ0v) is 47.0. The van der Waals surface area contributed by atoms with Crippen molar-refractivity contribution in [2.75, 3.05) is 38.2 Å². The molecule has 5 bridgehead atoms. The van der Waals surface area contributed by atoms with Gasteiger partial charge in [0.15, 0.2) is 17.3 Å². The number of pyridine rings is 2. The fourth-order valence-electron chi connectivity index (χ4n) is 12.3. The number of hydrogen-bond acceptors (Lipinski definition) is 17. The predicted molar refractivity (Wildman–Crippen MR) is 292 cm³/mol. The lowest BCUT2D eigenvalue weighted by molar-refractivity contribution is -0.160. The van der Waals surface area contributed by atoms with E-state index in [0.717, 1.165) is 35.2 Å². The minimum atomic E-state index is -2.23. The van der Waals surface area contributed by atoms with Crippen LogP contribution < -0.4 is 20.4 Å². The van der Waals surface area contributed by atoms with E-state index in [9.17, 15) is 48.8 Å². The number of phenolic OH excluding ortho intramolecular Hbond substituents is 1. The van der Waals surface area contributed by atoms with E-state index in [1.54, 1.807) is 43.6 Å². The van der Waals surface area contributed by atoms with E-state index < -0.39 is 151 Å². The summed E-state index contributed by atoms with van der Waals surface area (Å²) >= 11 is 0. The molecule has 5 N–H and O–H groups in total. The number of aliphatic hydroxyl groups is 2. The molecule has 4 aromatic rings. The maximum atomic E-state index is 16.5. The largest absolute Gasteiger partial charge is 0.507 e. The zero-order valence-electron chi connectivity index (χ0n) is 47.0. The van der Waals surface area contributed by atoms with E-state index in [0.29, 0.717) is 25.3 Å². The van der Waals surface area contributed by atoms with E-state index in [4.69, 9.17) is 18.9 Å². The molecule has 2 aromatic carbocycles. The zero-order chi connectivity index (χ0) is 60.5. The molecule has 2 aromatic heterocycles. The molecule has 2 saturated heterocycles. The van der Waals surface area contributed by atoms with E-state index in [1.165, 1.54) is 53.0 Å². The Bertz CT molecular complexity index is 3610. The number of likely N-dealkylation sites (tertiary alicyclic amines) is 1. The van der Waals surface area contributed by atoms with Crippen LogP contribution in [0.3, 0.4) is 0 Å². The number of ketones is 3. The number of Topliss-reactive ketones (excluding diaryl/α,β-unsaturated/α-hetero) is 3. The van der Waals surface area contributed by atoms with Crippen LogP contribution in [0.15, 0.2) is 82.8 Å². The minimum Gasteiger partial charge on any atom is -0.507 e. The molecule has 0 saturated carbocycles. The van der Waals surface area contributed by atoms with Crippen LogP contribution in [0.4, 0.5) is 19.0 Å². The van der Waals surface area contributed by atoms with Crippen LogP contribution in [0.5, 0.6) is 11.5 Å². The van der Waals surface area contributed by atoms with Gasteiger partial charge in [-0.05, 0) is 57.4 Å². The van der Waals surface area contributed by atoms with Gasteiger partial charge in [0.25, 0.3) is 11.7 Å². The number of ether oxygens (including phenoxy) is 4. The lowest BCUT2D eigenvalue weighted by Crippen LogP contribution is -2.49. The maximum Gasteiger partial charge on any atom is 0.341 e. The summed E-state index contributed by atoms with van der Waals surface area (Å²) in [6.07, 6.45) is 4.81. The Morgan fingerprint density at radius 2 is 1.58 bits per heavy atom. The van der Waals surface area contributed by atoms with Gasteiger partial charge in [0, 0.05) is 99.6 Å². The van der Waals surface area contributed by atoms with Crippen molar-refractivity contribution in [2.24, 2.45) is 29.1 Å². The van der Waals surface area contributed by atoms with Gasteiger partial charge in [-0.3, -0.25) is 33.3 Å². The van der Waals surface area contributed by atoms with Gasteiger partial charge >= 0.3 is 17.7 Å². The number of carbonyl (C=O) groups excluding carboxylic acids is 5. The molecule has 440 valence electrons. The molecule has 5 aliphatic heterocycles. The summed E-state index contributed by atoms with van der Waals surface area (Å²) in [6.45, 7) is 12.3. The number of aromatic carboxylic acids is 1. The first-order valence-electron chi connectivity index (χ1n) is 27.1. The van der Waals surface area contributed by atoms with Gasteiger partial charge in [0.2, 0.25) is 17.0 Å². The Hall–Kier alpha value is -8.15. The number of anilines is 1. The number of benzene rings is 2. The third-order valence-electron chi connectivity index (χ3n) is 17.0. The SMILES string of the molecule is CO[C@@H]1/C=C/O[C@@]2(C)Oc3c(C)c(O)c4c(c3C2=O)C(=O)C(N2CCCC3(CCN(c5nc6c(cc5F)c(=O)c(C(=O)O)cn6-c5ccc(F)cc5F)C3)C2)=C(NC(=O)/C(C)=C/C=C/[C@@H](C)[C@H](O)[C@@H](C)[C@H](O)[C@H](C)[C@H](OC(C)=O)[C@H]1C)C4=O. The summed E-state index contributed by atoms with van der Waals surface area (Å²) in [6, 6.07) is 3.29. The number of carboxylic acid groups (broad SMARTS) is 1. The van der Waals surface area contributed by atoms with E-state index in [2.05, 4.69) is 10.3 Å². The van der Waals surface area contributed by atoms with Crippen LogP contribution in [0.1, 0.15) is 115 Å². The summed E-state index contributed by atoms with van der Waals surface area (Å²) in [7, 11) is 1.39. The Balaban J connectivity index is 1.13. The number of carbonyl (C=O) groups is 6. The standard InChI is InChI=1S/C60H64F3N5O15/c1-27-12-10-13-28(2)57(77)64-44-45(66-19-11-17-60(25-66)18-20-67(26-60)56-38(63)23-35-49(73)36(58(78)79)24-68(55(35)65-56)39-15-14-34(61)22-37(39)62)51(75)41-42(50(44)74)48(72)32(6)53-43(41)54(76)59(8,83-53)81-21-16-40(80-9)29(3)52(82-33(7)69)31(5)47(71)30(4)46(27)70/h10,12-16,21-24,27,29-31,40,46-47,52,70-72H,11,17-20,25-26H2,1-9H3,(H,64,77)(H,78,79)/b12-10+,21-16+,28-13+/t27-,29+,30-,31+,40-,46+,47+,52-,59+,60?/m1/s1. The first kappa shape index (κ1) is 59.5. The quantitative estimate of drug-likeness (QED) is 0.125. The first-order chi connectivity index (χ1) is 39.1. The van der Waals surface area contributed by atoms with Crippen molar-refractivity contribution in [1.29, 1.82) is 0 Å². The second-order valence-electron chi connectivity index (χ2n) is 22.5. The van der Waals surface area contributed by atoms with Crippen LogP contribution >= 0.6 is 0 Å². The van der Waals surface area contributed by atoms with E-state index >= 15 is 18.4 Å². The average molecular weight is 1150 g/mol. The Kier molecular flexibility index (Phi) is 16.2. The molecule has 1 amide bonds. The number of hydrogen-bond donors (Lipinski definition) is 5. The number of aromatic nitrogens is 2. The number of nitrogens with one attached hydrogen (secondary N) is 1. The molecule has 2 fully saturated rings. The summed E-state index contributed by atoms with van der Waals surface area (Å²) < 4.78 is 70.7. The predicted octanol–water partition coefficient (Wildman–Crippen LogP) is 6.77. The van der Waals surface area contributed by atoms with Crippen molar-refractivity contribution in [3.05, 3.63) is 133 Å². The Labute approximate surface area is 474 Å². The molecule has 7 heterocycles. The van der Waals surface area contributed by atoms with Gasteiger partial charge in [-0.25, -0.2) is 22.9 Å². The third-order valence-corrected chi connectivity index (χ3v) is 17.0. The average Bonchev–Trinajstić information content (AvgIpc) is 1.98. The number of halogens is 3. The summed E-state index contributed by atoms with van der Waals surface area (Å²) in [4.78, 5) is 106. The molecule has 1 unspecified atom stereocenters. The number of methoxy groups -OCH3 is 1. The molecule has 1 spiro atoms. The number of phenols is 1. The van der Waals surface area contributed by atoms with Crippen molar-refractivity contribution < 1.29 is 81.3 Å². The molecule has 1 aliphatic carbocycles. The van der Waals surface area contributed by atoms with Crippen molar-refractivity contribution in [3.63, 3.8) is 0 Å². The highest BCUT2D eigenvalue weighted by Crippen LogP contribution is 2.50. The van der Waals surface area contributed by atoms with E-state index in [1.807, 2.05) is 0 Å². The Morgan fingerprint density at radius 1 is 0.867 bits per heavy atom. The molecular formula is C60H64F3N5O15. The van der Waals surface area contributed by atoms with Crippen LogP contribution in [-0.2, 0) is 23.8 Å². The van der Waals surface area contributed by atoms with Gasteiger partial charge in [0.05, 0.1) is 52.3 Å². The van der Waals surface area contributed by atoms with Crippen molar-refractivity contribution in [3.8, 4) is 17.2 Å². The molecule has 83 heavy (non-hydrogen) atoms. The Morgan fingerprint density at radius 3 is 2.25 bits per heavy atom. The number of nitrogens with zero attached hydrogens (tertiary/aromatic N) is 4. The number of allylic oxidation sites excluding steroid dienone is 4. The van der Waals surface area contributed by atoms with Crippen LogP contribution in [0.2, 0.25) is 0 Å². The monoisotopic (exact) mass is 1150 g/mol. The number of aliphatic hydroxyl groups excluding tert-OH is 2. The molecule has 6 aliphatic rings. The number of piperidine rings is 1. The number of aromatic hydroxyl groups is 1. The summed E-state index contributed by atoms with van der Waals surface area (Å²) in [5.74, 6) is -15.5. The maximum absolute atomic E-state index is 16.5. The van der Waals surface area contributed by atoms with E-state index in [-0.39, 0.29) is 71.5 Å². The topological polar surface area (TPSA) is 274 Å². The molecule has 10 atom stereocenters. The fourth-order valence-corrected chi connectivity index (χ4v) is 12.3. The number of esters is 1. The molecular weight excluding hydrogens is 1090 g/mol. The molecule has 10 rings (SSSR count). The second kappa shape index (κ2) is 22.5. The normalized spacial score (nSPS) is 29.3. The van der Waals surface area contributed by atoms with Gasteiger partial charge in [-0.2, -0.15) is 0 Å². The third kappa shape index (κ3) is 10.6. The molecule has 0 radical (unpaired) electrons. The highest BCUT2D eigenvalue weighted by molar-refractivity contribution is 6.32. The summed E-state index contributed by atoms with van der Waals surface area (Å²) in [5.41, 5.74) is -5.85. The lowest BCUT2D eigenvalue weighted by Gasteiger charge is -2.43. The van der Waals surface area contributed by atoms with Crippen molar-refractivity contribution >= 4 is 52.0 Å². The van der Waals surface area contributed by atoms with Crippen LogP contribution in [0.25, 0.3) is 16.7 Å². The fraction of sp³-hybridized carbons (Fsp3) is 0.433. The lowest BCUT2D eigenvalue weighted by atomic mass is 9.77. The minimum absolute atomic E-state index is 0.00754. The number of carboxylic acids is 1. The van der Waals surface area contributed by atoms with Gasteiger partial charge in [0.1, 0.15) is 46.2 Å². The number of amides is 1. The molecule has 20 nitrogen and oxygen atoms in total. The van der Waals surface area contributed by atoms with Crippen molar-refractivity contribution in [2.45, 2.75) is 105 Å². The molecule has 23 heteroatoms. The number of rotatable bonds is 6. The van der Waals surface area contributed by atoms with Crippen LogP contribution in [-0.4, -0.2) is 134 Å². The summed E-state index contributed by atoms with van der Waals surface area (Å²) in [5, 5.41) is 47.2. The first-order valence-corrected chi connectivity index (χ1v) is 27.1. The van der Waals surface area contributed by atoms with Crippen LogP contribution in [0, 0.1) is 53.5 Å². The highest BCUT2D eigenvalue weighted by Gasteiger charge is 2.54. The van der Waals surface area contributed by atoms with Gasteiger partial charge in [-0.1, -0.05) is 45.9 Å². The van der Waals surface area contributed by atoms with Gasteiger partial charge in [-0.15, -0.1) is 0 Å². The highest BCUT2D eigenvalue weighted by atomic mass is 19.1. The number of fused-ring (bicyclic) bond motifs is 15. The smallest absolute Gasteiger partial charge is 0.341 e. The van der Waals surface area contributed by atoms with Crippen molar-refractivity contribution in [1.82, 2.24) is 19.8 Å². The van der Waals surface area contributed by atoms with Gasteiger partial charge < -0.3 is 54.5 Å².